The van der Waals surface area contributed by atoms with Crippen molar-refractivity contribution in [2.75, 3.05) is 6.26 Å². The second kappa shape index (κ2) is 8.24. The molecule has 2 heterocycles. The molecule has 0 fully saturated rings. The highest BCUT2D eigenvalue weighted by Crippen LogP contribution is 2.40. The summed E-state index contributed by atoms with van der Waals surface area (Å²) in [7, 11) is -1.93. The average Bonchev–Trinajstić information content (AvgIpc) is 2.58. The summed E-state index contributed by atoms with van der Waals surface area (Å²) in [6.45, 7) is 13.5. The van der Waals surface area contributed by atoms with E-state index in [4.69, 9.17) is 11.6 Å². The summed E-state index contributed by atoms with van der Waals surface area (Å²) < 4.78 is 14.4. The third-order valence-electron chi connectivity index (χ3n) is 5.07. The molecule has 0 aliphatic rings. The first-order valence-electron chi connectivity index (χ1n) is 8.74. The van der Waals surface area contributed by atoms with Crippen LogP contribution in [0.1, 0.15) is 47.2 Å². The largest absolute Gasteiger partial charge is 0.230 e. The minimum absolute atomic E-state index is 0.180. The van der Waals surface area contributed by atoms with Gasteiger partial charge in [0, 0.05) is 6.20 Å². The zero-order valence-electron chi connectivity index (χ0n) is 16.3. The van der Waals surface area contributed by atoms with E-state index in [2.05, 4.69) is 68.0 Å². The Labute approximate surface area is 165 Å². The maximum atomic E-state index is 14.4. The molecular weight excluding hydrogens is 385 g/mol. The molecule has 2 aromatic heterocycles. The fourth-order valence-corrected chi connectivity index (χ4v) is 9.52. The third kappa shape index (κ3) is 3.76. The van der Waals surface area contributed by atoms with Crippen molar-refractivity contribution >= 4 is 42.3 Å². The smallest absolute Gasteiger partial charge is 0.187 e. The zero-order valence-corrected chi connectivity index (χ0v) is 18.9. The maximum Gasteiger partial charge on any atom is 0.187 e. The van der Waals surface area contributed by atoms with E-state index in [9.17, 15) is 4.39 Å². The van der Waals surface area contributed by atoms with Gasteiger partial charge >= 0.3 is 0 Å². The topological polar surface area (TPSA) is 38.7 Å². The quantitative estimate of drug-likeness (QED) is 0.201. The molecule has 0 unspecified atom stereocenters. The second-order valence-corrected chi connectivity index (χ2v) is 14.0. The number of hydrogen-bond acceptors (Lipinski definition) is 4. The number of fused-ring (bicyclic) bond motifs is 1. The van der Waals surface area contributed by atoms with Crippen molar-refractivity contribution in [2.45, 2.75) is 63.3 Å². The molecule has 0 spiro atoms. The zero-order chi connectivity index (χ0) is 19.6. The molecule has 26 heavy (non-hydrogen) atoms. The fraction of sp³-hybridized carbons (Fsp3) is 0.526. The van der Waals surface area contributed by atoms with Crippen molar-refractivity contribution in [3.8, 4) is 11.5 Å². The molecule has 3 nitrogen and oxygen atoms in total. The number of thioether (sulfide) groups is 1. The van der Waals surface area contributed by atoms with E-state index in [1.165, 1.54) is 11.8 Å². The van der Waals surface area contributed by atoms with Gasteiger partial charge in [0.15, 0.2) is 16.1 Å². The third-order valence-corrected chi connectivity index (χ3v) is 12.2. The van der Waals surface area contributed by atoms with Crippen LogP contribution in [-0.2, 0) is 0 Å². The molecule has 0 bridgehead atoms. The van der Waals surface area contributed by atoms with Gasteiger partial charge in [0.1, 0.15) is 19.3 Å². The standard InChI is InChI=1S/C19H25ClFN3SSi/c1-11(2)26(12(3)4,13(5)6)9-8-15-14-10-22-19(25-7)24-17(14)16(21)18(20)23-15/h10-13H,1-7H3. The average molecular weight is 410 g/mol. The summed E-state index contributed by atoms with van der Waals surface area (Å²) in [6, 6.07) is 0. The molecule has 0 N–H and O–H groups in total. The van der Waals surface area contributed by atoms with Gasteiger partial charge in [-0.3, -0.25) is 0 Å². The molecule has 0 atom stereocenters. The van der Waals surface area contributed by atoms with Gasteiger partial charge in [-0.25, -0.2) is 19.3 Å². The van der Waals surface area contributed by atoms with Gasteiger partial charge in [0.25, 0.3) is 0 Å². The van der Waals surface area contributed by atoms with Crippen LogP contribution in [0.15, 0.2) is 11.4 Å². The lowest BCUT2D eigenvalue weighted by Crippen LogP contribution is -2.43. The number of rotatable bonds is 4. The Kier molecular flexibility index (Phi) is 6.70. The molecule has 0 amide bonds. The highest BCUT2D eigenvalue weighted by atomic mass is 35.5. The van der Waals surface area contributed by atoms with Crippen LogP contribution in [0, 0.1) is 17.3 Å². The molecular formula is C19H25ClFN3SSi. The predicted molar refractivity (Wildman–Crippen MR) is 112 cm³/mol. The molecule has 140 valence electrons. The number of halogens is 2. The lowest BCUT2D eigenvalue weighted by molar-refractivity contribution is 0.629. The first-order chi connectivity index (χ1) is 12.1. The van der Waals surface area contributed by atoms with E-state index in [1.54, 1.807) is 6.20 Å². The Bertz CT molecular complexity index is 853. The summed E-state index contributed by atoms with van der Waals surface area (Å²) in [5, 5.41) is 0.808. The summed E-state index contributed by atoms with van der Waals surface area (Å²) >= 11 is 7.37. The van der Waals surface area contributed by atoms with Gasteiger partial charge in [-0.2, -0.15) is 0 Å². The van der Waals surface area contributed by atoms with Gasteiger partial charge in [-0.1, -0.05) is 70.8 Å². The minimum Gasteiger partial charge on any atom is -0.230 e. The first kappa shape index (κ1) is 21.1. The number of hydrogen-bond donors (Lipinski definition) is 0. The molecule has 2 aromatic rings. The summed E-state index contributed by atoms with van der Waals surface area (Å²) in [5.41, 5.74) is 5.73. The Morgan fingerprint density at radius 2 is 1.65 bits per heavy atom. The van der Waals surface area contributed by atoms with Gasteiger partial charge in [-0.15, -0.1) is 5.54 Å². The van der Waals surface area contributed by atoms with Gasteiger partial charge in [0.2, 0.25) is 0 Å². The van der Waals surface area contributed by atoms with Crippen LogP contribution in [0.25, 0.3) is 10.9 Å². The van der Waals surface area contributed by atoms with Crippen LogP contribution in [0.2, 0.25) is 21.8 Å². The Morgan fingerprint density at radius 1 is 1.08 bits per heavy atom. The van der Waals surface area contributed by atoms with E-state index >= 15 is 0 Å². The molecule has 0 saturated heterocycles. The Balaban J connectivity index is 2.73. The molecule has 7 heteroatoms. The highest BCUT2D eigenvalue weighted by molar-refractivity contribution is 7.98. The monoisotopic (exact) mass is 409 g/mol. The molecule has 0 radical (unpaired) electrons. The normalized spacial score (nSPS) is 12.2. The summed E-state index contributed by atoms with van der Waals surface area (Å²) in [5.74, 6) is 2.62. The lowest BCUT2D eigenvalue weighted by Gasteiger charge is -2.38. The highest BCUT2D eigenvalue weighted by Gasteiger charge is 2.41. The van der Waals surface area contributed by atoms with E-state index < -0.39 is 13.9 Å². The van der Waals surface area contributed by atoms with Crippen LogP contribution in [0.5, 0.6) is 0 Å². The van der Waals surface area contributed by atoms with Crippen molar-refractivity contribution in [3.05, 3.63) is 22.9 Å². The van der Waals surface area contributed by atoms with Crippen LogP contribution in [0.3, 0.4) is 0 Å². The van der Waals surface area contributed by atoms with Crippen LogP contribution < -0.4 is 0 Å². The first-order valence-corrected chi connectivity index (χ1v) is 12.6. The van der Waals surface area contributed by atoms with Gasteiger partial charge in [-0.05, 0) is 22.9 Å². The van der Waals surface area contributed by atoms with E-state index in [0.29, 0.717) is 32.9 Å². The Hall–Kier alpha value is -1.16. The maximum absolute atomic E-state index is 14.4. The van der Waals surface area contributed by atoms with E-state index in [-0.39, 0.29) is 10.7 Å². The van der Waals surface area contributed by atoms with Crippen LogP contribution in [0.4, 0.5) is 4.39 Å². The minimum atomic E-state index is -1.93. The van der Waals surface area contributed by atoms with E-state index in [1.807, 2.05) is 6.26 Å². The SMILES string of the molecule is CSc1ncc2c(C#C[Si](C(C)C)(C(C)C)C(C)C)nc(Cl)c(F)c2n1. The molecule has 0 aliphatic heterocycles. The van der Waals surface area contributed by atoms with Crippen molar-refractivity contribution < 1.29 is 4.39 Å². The molecule has 2 rings (SSSR count). The number of nitrogens with zero attached hydrogens (tertiary/aromatic N) is 3. The predicted octanol–water partition coefficient (Wildman–Crippen LogP) is 6.11. The summed E-state index contributed by atoms with van der Waals surface area (Å²) in [4.78, 5) is 12.7. The number of aromatic nitrogens is 3. The molecule has 0 aliphatic carbocycles. The second-order valence-electron chi connectivity index (χ2n) is 7.33. The van der Waals surface area contributed by atoms with Crippen LogP contribution >= 0.6 is 23.4 Å². The van der Waals surface area contributed by atoms with Gasteiger partial charge < -0.3 is 0 Å². The van der Waals surface area contributed by atoms with Crippen molar-refractivity contribution in [1.82, 2.24) is 15.0 Å². The van der Waals surface area contributed by atoms with Crippen molar-refractivity contribution in [3.63, 3.8) is 0 Å². The fourth-order valence-electron chi connectivity index (χ4n) is 3.81. The lowest BCUT2D eigenvalue weighted by atomic mass is 10.2. The molecule has 0 saturated carbocycles. The van der Waals surface area contributed by atoms with Crippen LogP contribution in [-0.4, -0.2) is 29.3 Å². The molecule has 0 aromatic carbocycles. The Morgan fingerprint density at radius 3 is 2.15 bits per heavy atom. The van der Waals surface area contributed by atoms with Crippen molar-refractivity contribution in [1.29, 1.82) is 0 Å². The van der Waals surface area contributed by atoms with E-state index in [0.717, 1.165) is 0 Å². The summed E-state index contributed by atoms with van der Waals surface area (Å²) in [6.07, 6.45) is 3.43. The van der Waals surface area contributed by atoms with Gasteiger partial charge in [0.05, 0.1) is 5.39 Å². The number of pyridine rings is 1. The van der Waals surface area contributed by atoms with Crippen molar-refractivity contribution in [2.24, 2.45) is 0 Å².